The Morgan fingerprint density at radius 2 is 1.87 bits per heavy atom. The molecule has 1 atom stereocenters. The molecule has 3 heteroatoms. The van der Waals surface area contributed by atoms with E-state index in [1.54, 1.807) is 19.1 Å². The number of nitriles is 1. The number of hydrogen-bond acceptors (Lipinski definition) is 3. The van der Waals surface area contributed by atoms with Crippen molar-refractivity contribution >= 4 is 5.78 Å². The molecule has 0 unspecified atom stereocenters. The fraction of sp³-hybridized carbons (Fsp3) is 0.357. The van der Waals surface area contributed by atoms with Gasteiger partial charge < -0.3 is 4.74 Å². The maximum Gasteiger partial charge on any atom is 0.157 e. The summed E-state index contributed by atoms with van der Waals surface area (Å²) in [5.74, 6) is 0.144. The van der Waals surface area contributed by atoms with Crippen molar-refractivity contribution in [3.63, 3.8) is 0 Å². The molecule has 0 saturated carbocycles. The van der Waals surface area contributed by atoms with Gasteiger partial charge in [0.25, 0.3) is 0 Å². The Balaban J connectivity index is 4.10. The molecule has 1 rings (SSSR count). The Kier molecular flexibility index (Phi) is 9.96. The van der Waals surface area contributed by atoms with E-state index in [4.69, 9.17) is 4.74 Å². The van der Waals surface area contributed by atoms with Gasteiger partial charge >= 0.3 is 0 Å². The van der Waals surface area contributed by atoms with Gasteiger partial charge in [0.15, 0.2) is 5.78 Å². The highest BCUT2D eigenvalue weighted by Gasteiger charge is 2.31. The zero-order chi connectivity index (χ0) is 23.7. The van der Waals surface area contributed by atoms with Gasteiger partial charge in [-0.3, -0.25) is 4.79 Å². The van der Waals surface area contributed by atoms with E-state index in [1.165, 1.54) is 0 Å². The average Bonchev–Trinajstić information content (AvgIpc) is 2.75. The second kappa shape index (κ2) is 11.9. The van der Waals surface area contributed by atoms with Crippen LogP contribution in [0, 0.1) is 18.3 Å². The van der Waals surface area contributed by atoms with E-state index in [0.717, 1.165) is 39.8 Å². The molecule has 1 aromatic carbocycles. The van der Waals surface area contributed by atoms with Crippen molar-refractivity contribution in [2.75, 3.05) is 6.61 Å². The zero-order valence-corrected chi connectivity index (χ0v) is 20.1. The van der Waals surface area contributed by atoms with Crippen LogP contribution in [-0.4, -0.2) is 12.4 Å². The van der Waals surface area contributed by atoms with Gasteiger partial charge in [0.2, 0.25) is 0 Å². The molecule has 0 N–H and O–H groups in total. The monoisotopic (exact) mass is 417 g/mol. The summed E-state index contributed by atoms with van der Waals surface area (Å²) >= 11 is 0. The number of Topliss-reactive ketones (excluding diaryl/α,β-unsaturated/α-hetero) is 1. The molecule has 3 nitrogen and oxygen atoms in total. The Morgan fingerprint density at radius 3 is 2.32 bits per heavy atom. The predicted molar refractivity (Wildman–Crippen MR) is 130 cm³/mol. The van der Waals surface area contributed by atoms with Crippen LogP contribution >= 0.6 is 0 Å². The first-order chi connectivity index (χ1) is 14.6. The van der Waals surface area contributed by atoms with Gasteiger partial charge in [-0.2, -0.15) is 5.26 Å². The van der Waals surface area contributed by atoms with Crippen LogP contribution in [0.3, 0.4) is 0 Å². The third-order valence-electron chi connectivity index (χ3n) is 5.61. The van der Waals surface area contributed by atoms with Crippen molar-refractivity contribution in [2.24, 2.45) is 0 Å². The largest absolute Gasteiger partial charge is 0.494 e. The van der Waals surface area contributed by atoms with Crippen LogP contribution in [0.15, 0.2) is 77.1 Å². The van der Waals surface area contributed by atoms with Crippen LogP contribution in [0.2, 0.25) is 0 Å². The van der Waals surface area contributed by atoms with Crippen molar-refractivity contribution in [1.29, 1.82) is 5.26 Å². The first kappa shape index (κ1) is 25.9. The zero-order valence-electron chi connectivity index (χ0n) is 20.1. The smallest absolute Gasteiger partial charge is 0.157 e. The molecule has 31 heavy (non-hydrogen) atoms. The summed E-state index contributed by atoms with van der Waals surface area (Å²) in [4.78, 5) is 12.9. The number of allylic oxidation sites excluding steroid dienone is 7. The van der Waals surface area contributed by atoms with Crippen LogP contribution in [0.5, 0.6) is 0 Å². The standard InChI is InChI=1S/C28H35NO2/c1-10-15-31-23(9)27(21(7)18(4)11-2)28(26(22(8)30)19(5)12-3)25-14-13-24(17-29)16-20(25)6/h11-14,16,28H,3,9-10,15H2,1-2,4-8H3/b18-11-,26-19-,27-21+/t28-/m1/s1. The van der Waals surface area contributed by atoms with Crippen LogP contribution in [0.25, 0.3) is 0 Å². The fourth-order valence-electron chi connectivity index (χ4n) is 3.66. The number of benzene rings is 1. The first-order valence-electron chi connectivity index (χ1n) is 10.6. The lowest BCUT2D eigenvalue weighted by molar-refractivity contribution is -0.113. The van der Waals surface area contributed by atoms with E-state index < -0.39 is 0 Å². The fourth-order valence-corrected chi connectivity index (χ4v) is 3.66. The molecule has 0 heterocycles. The Bertz CT molecular complexity index is 996. The van der Waals surface area contributed by atoms with E-state index in [1.807, 2.05) is 59.8 Å². The van der Waals surface area contributed by atoms with E-state index in [0.29, 0.717) is 23.5 Å². The summed E-state index contributed by atoms with van der Waals surface area (Å²) in [5.41, 5.74) is 6.93. The molecule has 0 amide bonds. The highest BCUT2D eigenvalue weighted by atomic mass is 16.5. The van der Waals surface area contributed by atoms with Gasteiger partial charge in [-0.25, -0.2) is 0 Å². The van der Waals surface area contributed by atoms with E-state index in [9.17, 15) is 10.1 Å². The normalized spacial score (nSPS) is 14.1. The number of ketones is 1. The minimum Gasteiger partial charge on any atom is -0.494 e. The number of ether oxygens (including phenoxy) is 1. The number of carbonyl (C=O) groups is 1. The first-order valence-corrected chi connectivity index (χ1v) is 10.6. The lowest BCUT2D eigenvalue weighted by atomic mass is 9.76. The summed E-state index contributed by atoms with van der Waals surface area (Å²) in [6, 6.07) is 7.77. The number of nitrogens with zero attached hydrogens (tertiary/aromatic N) is 1. The Hall–Kier alpha value is -3.12. The quantitative estimate of drug-likeness (QED) is 0.228. The molecule has 0 fully saturated rings. The second-order valence-corrected chi connectivity index (χ2v) is 7.76. The molecule has 0 aliphatic carbocycles. The van der Waals surface area contributed by atoms with Crippen molar-refractivity contribution in [1.82, 2.24) is 0 Å². The van der Waals surface area contributed by atoms with Crippen molar-refractivity contribution < 1.29 is 9.53 Å². The lowest BCUT2D eigenvalue weighted by Gasteiger charge is -2.29. The third-order valence-corrected chi connectivity index (χ3v) is 5.61. The number of hydrogen-bond donors (Lipinski definition) is 0. The number of rotatable bonds is 10. The second-order valence-electron chi connectivity index (χ2n) is 7.76. The van der Waals surface area contributed by atoms with E-state index in [-0.39, 0.29) is 11.7 Å². The SMILES string of the molecule is C=C/C(C)=C(/C(C)=O)[C@H](/C(C(=C)OCCC)=C(C)/C(C)=C\C)c1ccc(C#N)cc1C. The van der Waals surface area contributed by atoms with Crippen molar-refractivity contribution in [3.05, 3.63) is 93.8 Å². The molecule has 164 valence electrons. The minimum absolute atomic E-state index is 0.0297. The summed E-state index contributed by atoms with van der Waals surface area (Å²) in [6.45, 7) is 22.3. The number of aryl methyl sites for hydroxylation is 1. The van der Waals surface area contributed by atoms with Crippen LogP contribution < -0.4 is 0 Å². The van der Waals surface area contributed by atoms with Crippen molar-refractivity contribution in [3.8, 4) is 6.07 Å². The van der Waals surface area contributed by atoms with Crippen molar-refractivity contribution in [2.45, 2.75) is 60.8 Å². The Morgan fingerprint density at radius 1 is 1.23 bits per heavy atom. The highest BCUT2D eigenvalue weighted by Crippen LogP contribution is 2.42. The summed E-state index contributed by atoms with van der Waals surface area (Å²) in [6.07, 6.45) is 4.62. The minimum atomic E-state index is -0.387. The number of carbonyl (C=O) groups excluding carboxylic acids is 1. The molecule has 0 saturated heterocycles. The molecule has 0 radical (unpaired) electrons. The van der Waals surface area contributed by atoms with Gasteiger partial charge in [-0.05, 0) is 82.4 Å². The lowest BCUT2D eigenvalue weighted by Crippen LogP contribution is -2.18. The molecule has 0 aliphatic heterocycles. The maximum atomic E-state index is 12.9. The molecule has 1 aromatic rings. The maximum absolute atomic E-state index is 12.9. The van der Waals surface area contributed by atoms with Gasteiger partial charge in [-0.15, -0.1) is 0 Å². The topological polar surface area (TPSA) is 50.1 Å². The van der Waals surface area contributed by atoms with Gasteiger partial charge in [0, 0.05) is 17.1 Å². The van der Waals surface area contributed by atoms with Crippen LogP contribution in [-0.2, 0) is 9.53 Å². The molecule has 0 bridgehead atoms. The van der Waals surface area contributed by atoms with Crippen LogP contribution in [0.4, 0.5) is 0 Å². The van der Waals surface area contributed by atoms with E-state index in [2.05, 4.69) is 19.2 Å². The molecule has 0 aliphatic rings. The molecular formula is C28H35NO2. The van der Waals surface area contributed by atoms with Gasteiger partial charge in [0.05, 0.1) is 18.2 Å². The molecule has 0 spiro atoms. The summed E-state index contributed by atoms with van der Waals surface area (Å²) < 4.78 is 6.01. The van der Waals surface area contributed by atoms with Crippen LogP contribution in [0.1, 0.15) is 70.6 Å². The Labute approximate surface area is 188 Å². The molecule has 0 aromatic heterocycles. The van der Waals surface area contributed by atoms with Gasteiger partial charge in [-0.1, -0.05) is 43.9 Å². The summed E-state index contributed by atoms with van der Waals surface area (Å²) in [5, 5.41) is 9.33. The summed E-state index contributed by atoms with van der Waals surface area (Å²) in [7, 11) is 0. The highest BCUT2D eigenvalue weighted by molar-refractivity contribution is 5.97. The average molecular weight is 418 g/mol. The van der Waals surface area contributed by atoms with Gasteiger partial charge in [0.1, 0.15) is 5.76 Å². The third kappa shape index (κ3) is 6.18. The van der Waals surface area contributed by atoms with E-state index >= 15 is 0 Å². The predicted octanol–water partition coefficient (Wildman–Crippen LogP) is 7.26. The molecular weight excluding hydrogens is 382 g/mol.